The maximum absolute atomic E-state index is 9.38. The van der Waals surface area contributed by atoms with Gasteiger partial charge in [-0.2, -0.15) is 18.2 Å². The smallest absolute Gasteiger partial charge is 0.122 e. The molecule has 2 aliphatic heterocycles. The largest absolute Gasteiger partial charge is 0.685 e. The Balaban J connectivity index is 0.000000397. The van der Waals surface area contributed by atoms with Crippen molar-refractivity contribution >= 4 is 33.4 Å². The summed E-state index contributed by atoms with van der Waals surface area (Å²) in [6.45, 7) is 1.76. The summed E-state index contributed by atoms with van der Waals surface area (Å²) in [4.78, 5) is 14.0. The third-order valence-corrected chi connectivity index (χ3v) is 6.09. The zero-order valence-corrected chi connectivity index (χ0v) is 20.7. The van der Waals surface area contributed by atoms with Crippen molar-refractivity contribution in [3.05, 3.63) is 85.7 Å². The fourth-order valence-electron chi connectivity index (χ4n) is 3.41. The summed E-state index contributed by atoms with van der Waals surface area (Å²) in [5, 5.41) is 19.4. The van der Waals surface area contributed by atoms with Gasteiger partial charge in [0.25, 0.3) is 0 Å². The van der Waals surface area contributed by atoms with Crippen LogP contribution < -0.4 is 5.32 Å². The first-order chi connectivity index (χ1) is 14.8. The number of aliphatic hydroxyl groups is 1. The van der Waals surface area contributed by atoms with E-state index in [1.54, 1.807) is 24.0 Å². The van der Waals surface area contributed by atoms with Crippen molar-refractivity contribution < 1.29 is 25.2 Å². The number of hydrogen-bond acceptors (Lipinski definition) is 6. The minimum atomic E-state index is -0.0172. The molecule has 1 radical (unpaired) electrons. The van der Waals surface area contributed by atoms with E-state index < -0.39 is 0 Å². The van der Waals surface area contributed by atoms with Gasteiger partial charge in [-0.25, -0.2) is 0 Å². The molecule has 0 bridgehead atoms. The van der Waals surface area contributed by atoms with Gasteiger partial charge >= 0.3 is 0 Å². The van der Waals surface area contributed by atoms with Crippen molar-refractivity contribution in [1.82, 2.24) is 20.2 Å². The normalized spacial score (nSPS) is 18.7. The van der Waals surface area contributed by atoms with E-state index >= 15 is 0 Å². The molecular formula is C23H27N6OSTc-3. The second-order valence-electron chi connectivity index (χ2n) is 6.87. The molecule has 0 saturated carbocycles. The monoisotopic (exact) mass is 532 g/mol. The molecule has 171 valence electrons. The zero-order valence-electron chi connectivity index (χ0n) is 18.1. The Morgan fingerprint density at radius 3 is 2.84 bits per heavy atom. The number of thioether (sulfide) groups is 1. The Kier molecular flexibility index (Phi) is 10.3. The van der Waals surface area contributed by atoms with Crippen LogP contribution in [0, 0.1) is 13.6 Å². The van der Waals surface area contributed by atoms with Crippen molar-refractivity contribution in [3.63, 3.8) is 0 Å². The fourth-order valence-corrected chi connectivity index (χ4v) is 4.51. The minimum Gasteiger partial charge on any atom is -0.685 e. The van der Waals surface area contributed by atoms with E-state index in [1.807, 2.05) is 43.7 Å². The van der Waals surface area contributed by atoms with E-state index in [0.29, 0.717) is 5.25 Å². The topological polar surface area (TPSA) is 90.6 Å². The molecular weight excluding hydrogens is 506 g/mol. The molecule has 2 atom stereocenters. The maximum Gasteiger partial charge on any atom is 0.122 e. The van der Waals surface area contributed by atoms with Crippen LogP contribution in [0.3, 0.4) is 0 Å². The van der Waals surface area contributed by atoms with Crippen LogP contribution in [-0.2, 0) is 20.1 Å². The van der Waals surface area contributed by atoms with Crippen molar-refractivity contribution in [1.29, 1.82) is 0 Å². The quantitative estimate of drug-likeness (QED) is 0.436. The summed E-state index contributed by atoms with van der Waals surface area (Å²) in [6.07, 6.45) is 8.20. The number of hydrogen-bond donors (Lipinski definition) is 3. The second-order valence-corrected chi connectivity index (χ2v) is 8.16. The number of H-pyrrole nitrogens is 1. The number of aromatic amines is 1. The molecule has 5 rings (SSSR count). The first-order valence-electron chi connectivity index (χ1n) is 9.78. The molecule has 7 nitrogen and oxygen atoms in total. The standard InChI is InChI=1S/C17H20N5OS.C5H4N.CH3.Tc/c1-18-13-4-2-3-11-7-14(21-16(11)13)17-20-8-12(24-17)9-22-6-5-19-15(22)10-23;1-2-4-6-5-3-1;;/h2-7,12,15,19,21,23H,8-10H2,1H3;1-4H;1H3;/q3*-1;. The number of nitrogens with zero attached hydrogens (tertiary/aromatic N) is 4. The number of pyridine rings is 1. The molecule has 32 heavy (non-hydrogen) atoms. The Morgan fingerprint density at radius 1 is 1.31 bits per heavy atom. The van der Waals surface area contributed by atoms with Gasteiger partial charge in [0.05, 0.1) is 18.8 Å². The first-order valence-corrected chi connectivity index (χ1v) is 10.7. The van der Waals surface area contributed by atoms with Gasteiger partial charge in [0.15, 0.2) is 0 Å². The molecule has 1 aromatic carbocycles. The third-order valence-electron chi connectivity index (χ3n) is 4.88. The van der Waals surface area contributed by atoms with Gasteiger partial charge in [-0.05, 0) is 11.5 Å². The van der Waals surface area contributed by atoms with Crippen molar-refractivity contribution in [3.8, 4) is 0 Å². The molecule has 3 aromatic rings. The molecule has 2 unspecified atom stereocenters. The van der Waals surface area contributed by atoms with E-state index in [-0.39, 0.29) is 40.3 Å². The Bertz CT molecular complexity index is 999. The van der Waals surface area contributed by atoms with Crippen LogP contribution in [0.5, 0.6) is 0 Å². The number of para-hydroxylation sites is 1. The van der Waals surface area contributed by atoms with Gasteiger partial charge in [0.1, 0.15) is 11.2 Å². The van der Waals surface area contributed by atoms with E-state index in [4.69, 9.17) is 4.99 Å². The number of fused-ring (bicyclic) bond motifs is 1. The summed E-state index contributed by atoms with van der Waals surface area (Å²) in [6, 6.07) is 13.8. The molecule has 0 amide bonds. The van der Waals surface area contributed by atoms with Crippen LogP contribution in [0.4, 0.5) is 5.69 Å². The molecule has 2 aromatic heterocycles. The second kappa shape index (κ2) is 12.6. The van der Waals surface area contributed by atoms with Crippen molar-refractivity contribution in [2.45, 2.75) is 11.4 Å². The summed E-state index contributed by atoms with van der Waals surface area (Å²) in [5.41, 5.74) is 3.09. The van der Waals surface area contributed by atoms with Gasteiger partial charge in [0, 0.05) is 49.8 Å². The Labute approximate surface area is 207 Å². The zero-order chi connectivity index (χ0) is 20.8. The molecule has 0 saturated heterocycles. The van der Waals surface area contributed by atoms with Crippen LogP contribution in [0.1, 0.15) is 5.69 Å². The van der Waals surface area contributed by atoms with E-state index in [1.165, 1.54) is 0 Å². The number of aliphatic imine (C=N–C) groups is 1. The summed E-state index contributed by atoms with van der Waals surface area (Å²) in [5.74, 6) is 0. The number of aromatic nitrogens is 2. The number of aliphatic hydroxyl groups excluding tert-OH is 1. The van der Waals surface area contributed by atoms with Crippen LogP contribution >= 0.6 is 11.8 Å². The summed E-state index contributed by atoms with van der Waals surface area (Å²) in [7, 11) is 1.81. The van der Waals surface area contributed by atoms with Crippen LogP contribution in [0.15, 0.2) is 66.1 Å². The first kappa shape index (κ1) is 25.9. The molecule has 3 N–H and O–H groups in total. The van der Waals surface area contributed by atoms with Gasteiger partial charge in [-0.3, -0.25) is 4.99 Å². The van der Waals surface area contributed by atoms with Gasteiger partial charge in [-0.1, -0.05) is 42.4 Å². The predicted octanol–water partition coefficient (Wildman–Crippen LogP) is 3.69. The van der Waals surface area contributed by atoms with Crippen molar-refractivity contribution in [2.24, 2.45) is 4.99 Å². The van der Waals surface area contributed by atoms with E-state index in [2.05, 4.69) is 43.8 Å². The van der Waals surface area contributed by atoms with Gasteiger partial charge < -0.3 is 38.0 Å². The van der Waals surface area contributed by atoms with E-state index in [0.717, 1.165) is 40.4 Å². The Morgan fingerprint density at radius 2 is 2.19 bits per heavy atom. The van der Waals surface area contributed by atoms with Crippen LogP contribution in [0.25, 0.3) is 16.2 Å². The summed E-state index contributed by atoms with van der Waals surface area (Å²) < 4.78 is 0. The number of rotatable bonds is 5. The maximum atomic E-state index is 9.38. The SMILES string of the molecule is C[N-]c1cccc2cc(C3=NCC(CN4C=CNC4CO)S3)[nH]c12.[CH3-].[Tc].[c-]1ccccn1. The van der Waals surface area contributed by atoms with Crippen LogP contribution in [0.2, 0.25) is 0 Å². The van der Waals surface area contributed by atoms with Crippen molar-refractivity contribution in [2.75, 3.05) is 26.7 Å². The van der Waals surface area contributed by atoms with Crippen LogP contribution in [-0.4, -0.2) is 63.2 Å². The number of benzene rings is 1. The third kappa shape index (κ3) is 6.13. The minimum absolute atomic E-state index is 0. The van der Waals surface area contributed by atoms with Gasteiger partial charge in [0.2, 0.25) is 0 Å². The average Bonchev–Trinajstić information content (AvgIpc) is 3.54. The average molecular weight is 534 g/mol. The molecule has 9 heteroatoms. The fraction of sp³-hybridized carbons (Fsp3) is 0.261. The molecule has 2 aliphatic rings. The number of nitrogens with one attached hydrogen (secondary N) is 2. The van der Waals surface area contributed by atoms with E-state index in [9.17, 15) is 5.11 Å². The predicted molar refractivity (Wildman–Crippen MR) is 129 cm³/mol. The molecule has 4 heterocycles. The summed E-state index contributed by atoms with van der Waals surface area (Å²) >= 11 is 1.79. The molecule has 0 spiro atoms. The van der Waals surface area contributed by atoms with Gasteiger partial charge in [-0.15, -0.1) is 12.7 Å². The Hall–Kier alpha value is -2.32. The molecule has 0 fully saturated rings. The molecule has 0 aliphatic carbocycles.